The van der Waals surface area contributed by atoms with E-state index >= 15 is 0 Å². The first-order valence-electron chi connectivity index (χ1n) is 14.4. The predicted molar refractivity (Wildman–Crippen MR) is 171 cm³/mol. The van der Waals surface area contributed by atoms with E-state index in [-0.39, 0.29) is 37.7 Å². The Labute approximate surface area is 255 Å². The molecule has 1 N–H and O–H groups in total. The lowest BCUT2D eigenvalue weighted by atomic mass is 10.0. The lowest BCUT2D eigenvalue weighted by molar-refractivity contribution is -0.141. The normalized spacial score (nSPS) is 12.0. The van der Waals surface area contributed by atoms with Gasteiger partial charge in [0.2, 0.25) is 21.8 Å². The summed E-state index contributed by atoms with van der Waals surface area (Å²) in [5.41, 5.74) is 4.20. The van der Waals surface area contributed by atoms with Crippen LogP contribution in [0, 0.1) is 13.8 Å². The van der Waals surface area contributed by atoms with E-state index in [2.05, 4.69) is 12.2 Å². The van der Waals surface area contributed by atoms with E-state index in [9.17, 15) is 18.0 Å². The highest BCUT2D eigenvalue weighted by Gasteiger charge is 2.30. The summed E-state index contributed by atoms with van der Waals surface area (Å²) in [6, 6.07) is 22.0. The average Bonchev–Trinajstić information content (AvgIpc) is 2.94. The fourth-order valence-corrected chi connectivity index (χ4v) is 6.08. The van der Waals surface area contributed by atoms with Crippen molar-refractivity contribution in [2.75, 3.05) is 23.7 Å². The maximum absolute atomic E-state index is 13.9. The van der Waals surface area contributed by atoms with Crippen molar-refractivity contribution in [3.63, 3.8) is 0 Å². The zero-order valence-corrected chi connectivity index (χ0v) is 26.5. The number of amides is 2. The molecule has 7 nitrogen and oxygen atoms in total. The van der Waals surface area contributed by atoms with E-state index in [1.807, 2.05) is 68.4 Å². The van der Waals surface area contributed by atoms with Gasteiger partial charge in [-0.05, 0) is 55.5 Å². The zero-order chi connectivity index (χ0) is 30.7. The van der Waals surface area contributed by atoms with Gasteiger partial charge < -0.3 is 10.2 Å². The number of aryl methyl sites for hydroxylation is 2. The lowest BCUT2D eigenvalue weighted by Gasteiger charge is -2.32. The van der Waals surface area contributed by atoms with Gasteiger partial charge >= 0.3 is 0 Å². The number of halogens is 1. The van der Waals surface area contributed by atoms with E-state index < -0.39 is 16.1 Å². The molecule has 0 aliphatic rings. The number of anilines is 1. The second kappa shape index (κ2) is 15.8. The van der Waals surface area contributed by atoms with Gasteiger partial charge in [-0.1, -0.05) is 91.2 Å². The van der Waals surface area contributed by atoms with Crippen LogP contribution in [-0.2, 0) is 32.6 Å². The fraction of sp³-hybridized carbons (Fsp3) is 0.394. The molecule has 3 aromatic rings. The number of carbonyl (C=O) groups is 2. The van der Waals surface area contributed by atoms with Crippen molar-refractivity contribution in [1.82, 2.24) is 10.2 Å². The summed E-state index contributed by atoms with van der Waals surface area (Å²) in [6.07, 6.45) is 3.66. The molecule has 0 aliphatic carbocycles. The number of benzene rings is 3. The van der Waals surface area contributed by atoms with Crippen LogP contribution in [0.4, 0.5) is 5.69 Å². The monoisotopic (exact) mass is 611 g/mol. The molecule has 0 heterocycles. The maximum Gasteiger partial charge on any atom is 0.243 e. The molecule has 0 bridgehead atoms. The first-order chi connectivity index (χ1) is 20.0. The molecule has 0 spiro atoms. The third kappa shape index (κ3) is 9.88. The predicted octanol–water partition coefficient (Wildman–Crippen LogP) is 6.06. The van der Waals surface area contributed by atoms with Crippen LogP contribution >= 0.6 is 11.6 Å². The Morgan fingerprint density at radius 2 is 1.64 bits per heavy atom. The van der Waals surface area contributed by atoms with Crippen molar-refractivity contribution in [2.45, 2.75) is 65.5 Å². The number of nitrogens with zero attached hydrogens (tertiary/aromatic N) is 2. The van der Waals surface area contributed by atoms with Crippen LogP contribution < -0.4 is 9.62 Å². The van der Waals surface area contributed by atoms with Gasteiger partial charge in [0.05, 0.1) is 11.9 Å². The van der Waals surface area contributed by atoms with Gasteiger partial charge in [-0.15, -0.1) is 0 Å². The van der Waals surface area contributed by atoms with E-state index in [0.29, 0.717) is 23.7 Å². The first-order valence-corrected chi connectivity index (χ1v) is 16.6. The summed E-state index contributed by atoms with van der Waals surface area (Å²) in [5, 5.41) is 3.46. The minimum Gasteiger partial charge on any atom is -0.354 e. The van der Waals surface area contributed by atoms with E-state index in [1.165, 1.54) is 4.31 Å². The van der Waals surface area contributed by atoms with Crippen molar-refractivity contribution >= 4 is 39.1 Å². The molecule has 0 aromatic heterocycles. The standard InChI is InChI=1S/C33H42ClN3O4S/c1-5-6-19-35-33(39)31(22-27-13-8-7-9-14-27)36(24-28-15-10-12-25(2)21-28)32(38)16-11-20-37(42(4,40)41)30-23-29(34)18-17-26(30)3/h7-10,12-15,17-18,21,23,31H,5-6,11,16,19-20,22,24H2,1-4H3,(H,35,39)/t31-/m1/s1. The number of unbranched alkanes of at least 4 members (excludes halogenated alkanes) is 1. The molecular formula is C33H42ClN3O4S. The molecule has 0 saturated heterocycles. The Hall–Kier alpha value is -3.36. The molecule has 0 unspecified atom stereocenters. The molecule has 1 atom stereocenters. The highest BCUT2D eigenvalue weighted by Crippen LogP contribution is 2.27. The van der Waals surface area contributed by atoms with E-state index in [0.717, 1.165) is 41.4 Å². The summed E-state index contributed by atoms with van der Waals surface area (Å²) in [5.74, 6) is -0.403. The van der Waals surface area contributed by atoms with Crippen LogP contribution in [0.3, 0.4) is 0 Å². The molecule has 3 rings (SSSR count). The van der Waals surface area contributed by atoms with Crippen molar-refractivity contribution in [1.29, 1.82) is 0 Å². The SMILES string of the molecule is CCCCNC(=O)[C@@H](Cc1ccccc1)N(Cc1cccc(C)c1)C(=O)CCCN(c1cc(Cl)ccc1C)S(C)(=O)=O. The van der Waals surface area contributed by atoms with Gasteiger partial charge in [-0.2, -0.15) is 0 Å². The molecule has 3 aromatic carbocycles. The van der Waals surface area contributed by atoms with Gasteiger partial charge in [0.1, 0.15) is 6.04 Å². The van der Waals surface area contributed by atoms with Crippen LogP contribution in [0.25, 0.3) is 0 Å². The summed E-state index contributed by atoms with van der Waals surface area (Å²) >= 11 is 6.18. The Kier molecular flexibility index (Phi) is 12.4. The minimum atomic E-state index is -3.63. The quantitative estimate of drug-likeness (QED) is 0.212. The number of sulfonamides is 1. The van der Waals surface area contributed by atoms with Crippen molar-refractivity contribution in [3.8, 4) is 0 Å². The summed E-state index contributed by atoms with van der Waals surface area (Å²) in [4.78, 5) is 29.2. The Morgan fingerprint density at radius 3 is 2.31 bits per heavy atom. The molecule has 0 fully saturated rings. The first kappa shape index (κ1) is 33.1. The van der Waals surface area contributed by atoms with Crippen LogP contribution in [0.2, 0.25) is 5.02 Å². The smallest absolute Gasteiger partial charge is 0.243 e. The van der Waals surface area contributed by atoms with E-state index in [4.69, 9.17) is 11.6 Å². The summed E-state index contributed by atoms with van der Waals surface area (Å²) in [7, 11) is -3.63. The van der Waals surface area contributed by atoms with Crippen LogP contribution in [0.1, 0.15) is 54.9 Å². The molecular weight excluding hydrogens is 570 g/mol. The zero-order valence-electron chi connectivity index (χ0n) is 25.0. The van der Waals surface area contributed by atoms with Crippen LogP contribution in [0.5, 0.6) is 0 Å². The van der Waals surface area contributed by atoms with Gasteiger partial charge in [0, 0.05) is 37.5 Å². The number of carbonyl (C=O) groups excluding carboxylic acids is 2. The van der Waals surface area contributed by atoms with Gasteiger partial charge in [-0.25, -0.2) is 8.42 Å². The Morgan fingerprint density at radius 1 is 0.929 bits per heavy atom. The van der Waals surface area contributed by atoms with Crippen LogP contribution in [0.15, 0.2) is 72.8 Å². The molecule has 0 aliphatic heterocycles. The third-order valence-corrected chi connectivity index (χ3v) is 8.54. The Balaban J connectivity index is 1.89. The van der Waals surface area contributed by atoms with Gasteiger partial charge in [-0.3, -0.25) is 13.9 Å². The van der Waals surface area contributed by atoms with Gasteiger partial charge in [0.25, 0.3) is 0 Å². The second-order valence-corrected chi connectivity index (χ2v) is 13.1. The molecule has 226 valence electrons. The average molecular weight is 612 g/mol. The molecule has 42 heavy (non-hydrogen) atoms. The van der Waals surface area contributed by atoms with Gasteiger partial charge in [0.15, 0.2) is 0 Å². The fourth-order valence-electron chi connectivity index (χ4n) is 4.90. The lowest BCUT2D eigenvalue weighted by Crippen LogP contribution is -2.50. The van der Waals surface area contributed by atoms with Crippen molar-refractivity contribution in [3.05, 3.63) is 100 Å². The topological polar surface area (TPSA) is 86.8 Å². The Bertz CT molecular complexity index is 1450. The highest BCUT2D eigenvalue weighted by molar-refractivity contribution is 7.92. The number of hydrogen-bond donors (Lipinski definition) is 1. The molecule has 0 radical (unpaired) electrons. The summed E-state index contributed by atoms with van der Waals surface area (Å²) < 4.78 is 26.8. The summed E-state index contributed by atoms with van der Waals surface area (Å²) in [6.45, 7) is 6.79. The molecule has 2 amide bonds. The molecule has 9 heteroatoms. The minimum absolute atomic E-state index is 0.0744. The number of hydrogen-bond acceptors (Lipinski definition) is 4. The van der Waals surface area contributed by atoms with Crippen molar-refractivity contribution in [2.24, 2.45) is 0 Å². The third-order valence-electron chi connectivity index (χ3n) is 7.13. The highest BCUT2D eigenvalue weighted by atomic mass is 35.5. The van der Waals surface area contributed by atoms with Crippen molar-refractivity contribution < 1.29 is 18.0 Å². The second-order valence-electron chi connectivity index (χ2n) is 10.7. The maximum atomic E-state index is 13.9. The molecule has 0 saturated carbocycles. The number of rotatable bonds is 15. The van der Waals surface area contributed by atoms with Crippen LogP contribution in [-0.4, -0.2) is 50.5 Å². The largest absolute Gasteiger partial charge is 0.354 e. The number of nitrogens with one attached hydrogen (secondary N) is 1. The van der Waals surface area contributed by atoms with E-state index in [1.54, 1.807) is 23.1 Å².